The zero-order chi connectivity index (χ0) is 18.0. The Morgan fingerprint density at radius 3 is 0.818 bits per heavy atom. The molecule has 0 aromatic heterocycles. The Hall–Kier alpha value is -0.520. The molecule has 0 heterocycles. The SMILES string of the molecule is CC(C)(C)/C=C\[C@H]([C@H](/C=C/C(C)(C)C)C(C)(C)C)C(C)(C)C. The van der Waals surface area contributed by atoms with Crippen LogP contribution < -0.4 is 0 Å². The quantitative estimate of drug-likeness (QED) is 0.473. The molecule has 0 aliphatic carbocycles. The molecule has 0 heteroatoms. The van der Waals surface area contributed by atoms with Gasteiger partial charge in [0, 0.05) is 0 Å². The molecule has 0 aliphatic rings. The highest BCUT2D eigenvalue weighted by Crippen LogP contribution is 2.44. The molecule has 0 unspecified atom stereocenters. The molecule has 22 heavy (non-hydrogen) atoms. The molecule has 0 nitrogen and oxygen atoms in total. The van der Waals surface area contributed by atoms with Crippen molar-refractivity contribution in [3.8, 4) is 0 Å². The van der Waals surface area contributed by atoms with Gasteiger partial charge in [-0.15, -0.1) is 0 Å². The zero-order valence-electron chi connectivity index (χ0n) is 17.5. The second kappa shape index (κ2) is 6.93. The maximum atomic E-state index is 2.48. The Morgan fingerprint density at radius 1 is 0.455 bits per heavy atom. The summed E-state index contributed by atoms with van der Waals surface area (Å²) < 4.78 is 0. The van der Waals surface area contributed by atoms with Gasteiger partial charge in [0.25, 0.3) is 0 Å². The number of hydrogen-bond acceptors (Lipinski definition) is 0. The molecular weight excluding hydrogens is 264 g/mol. The highest BCUT2D eigenvalue weighted by atomic mass is 14.4. The van der Waals surface area contributed by atoms with Gasteiger partial charge in [0.15, 0.2) is 0 Å². The first kappa shape index (κ1) is 21.5. The fourth-order valence-electron chi connectivity index (χ4n) is 2.68. The second-order valence-corrected chi connectivity index (χ2v) is 11.2. The summed E-state index contributed by atoms with van der Waals surface area (Å²) in [6, 6.07) is 0. The first-order valence-corrected chi connectivity index (χ1v) is 8.82. The minimum Gasteiger partial charge on any atom is -0.0838 e. The van der Waals surface area contributed by atoms with Crippen molar-refractivity contribution in [3.63, 3.8) is 0 Å². The molecule has 2 atom stereocenters. The van der Waals surface area contributed by atoms with E-state index < -0.39 is 0 Å². The molecule has 0 aliphatic heterocycles. The fourth-order valence-corrected chi connectivity index (χ4v) is 2.68. The molecule has 0 amide bonds. The predicted octanol–water partition coefficient (Wildman–Crippen LogP) is 7.52. The topological polar surface area (TPSA) is 0 Å². The van der Waals surface area contributed by atoms with E-state index in [0.717, 1.165) is 0 Å². The van der Waals surface area contributed by atoms with Gasteiger partial charge in [-0.05, 0) is 33.5 Å². The van der Waals surface area contributed by atoms with Gasteiger partial charge in [-0.25, -0.2) is 0 Å². The Balaban J connectivity index is 5.79. The molecule has 0 bridgehead atoms. The third-order valence-corrected chi connectivity index (χ3v) is 3.99. The molecule has 0 spiro atoms. The van der Waals surface area contributed by atoms with E-state index in [9.17, 15) is 0 Å². The van der Waals surface area contributed by atoms with Gasteiger partial charge >= 0.3 is 0 Å². The summed E-state index contributed by atoms with van der Waals surface area (Å²) in [5.74, 6) is 1.07. The first-order valence-electron chi connectivity index (χ1n) is 8.82. The molecule has 0 aromatic rings. The van der Waals surface area contributed by atoms with Crippen molar-refractivity contribution in [2.45, 2.75) is 83.1 Å². The van der Waals surface area contributed by atoms with E-state index in [1.165, 1.54) is 0 Å². The summed E-state index contributed by atoms with van der Waals surface area (Å²) in [6.45, 7) is 27.9. The highest BCUT2D eigenvalue weighted by molar-refractivity contribution is 5.10. The molecule has 0 radical (unpaired) electrons. The van der Waals surface area contributed by atoms with Crippen LogP contribution in [0.5, 0.6) is 0 Å². The molecule has 0 saturated carbocycles. The minimum atomic E-state index is 0.236. The van der Waals surface area contributed by atoms with Crippen LogP contribution in [0.15, 0.2) is 24.3 Å². The van der Waals surface area contributed by atoms with E-state index >= 15 is 0 Å². The molecule has 0 fully saturated rings. The maximum Gasteiger partial charge on any atom is -0.0117 e. The van der Waals surface area contributed by atoms with Crippen LogP contribution in [0.1, 0.15) is 83.1 Å². The summed E-state index contributed by atoms with van der Waals surface area (Å²) in [5.41, 5.74) is 0.975. The van der Waals surface area contributed by atoms with Gasteiger partial charge in [0.1, 0.15) is 0 Å². The minimum absolute atomic E-state index is 0.236. The van der Waals surface area contributed by atoms with Crippen LogP contribution in [-0.2, 0) is 0 Å². The first-order chi connectivity index (χ1) is 9.43. The molecule has 0 saturated heterocycles. The van der Waals surface area contributed by atoms with E-state index in [0.29, 0.717) is 11.8 Å². The standard InChI is InChI=1S/C22H42/c1-19(2,3)15-13-17(21(7,8)9)18(22(10,11)12)14-16-20(4,5)6/h13-18H,1-12H3/b15-13-,16-14+/t17-,18+/m1/s1. The number of hydrogen-bond donors (Lipinski definition) is 0. The second-order valence-electron chi connectivity index (χ2n) is 11.2. The fraction of sp³-hybridized carbons (Fsp3) is 0.818. The van der Waals surface area contributed by atoms with Gasteiger partial charge in [-0.2, -0.15) is 0 Å². The smallest absolute Gasteiger partial charge is 0.0117 e. The average Bonchev–Trinajstić information content (AvgIpc) is 2.15. The van der Waals surface area contributed by atoms with Crippen LogP contribution in [0, 0.1) is 33.5 Å². The van der Waals surface area contributed by atoms with Crippen molar-refractivity contribution in [1.82, 2.24) is 0 Å². The summed E-state index contributed by atoms with van der Waals surface area (Å²) >= 11 is 0. The van der Waals surface area contributed by atoms with Crippen molar-refractivity contribution in [2.24, 2.45) is 33.5 Å². The Bertz CT molecular complexity index is 340. The number of rotatable bonds is 3. The Labute approximate surface area is 141 Å². The molecule has 0 rings (SSSR count). The number of allylic oxidation sites excluding steroid dienone is 4. The molecule has 0 N–H and O–H groups in total. The zero-order valence-corrected chi connectivity index (χ0v) is 17.5. The van der Waals surface area contributed by atoms with E-state index in [1.54, 1.807) is 0 Å². The van der Waals surface area contributed by atoms with Crippen molar-refractivity contribution in [2.75, 3.05) is 0 Å². The van der Waals surface area contributed by atoms with Crippen molar-refractivity contribution >= 4 is 0 Å². The third-order valence-electron chi connectivity index (χ3n) is 3.99. The van der Waals surface area contributed by atoms with Crippen LogP contribution in [0.2, 0.25) is 0 Å². The van der Waals surface area contributed by atoms with Crippen LogP contribution >= 0.6 is 0 Å². The third kappa shape index (κ3) is 8.81. The van der Waals surface area contributed by atoms with Crippen LogP contribution in [-0.4, -0.2) is 0 Å². The van der Waals surface area contributed by atoms with Crippen molar-refractivity contribution in [3.05, 3.63) is 24.3 Å². The lowest BCUT2D eigenvalue weighted by atomic mass is 9.63. The van der Waals surface area contributed by atoms with E-state index in [-0.39, 0.29) is 21.7 Å². The Kier molecular flexibility index (Phi) is 6.77. The van der Waals surface area contributed by atoms with Gasteiger partial charge in [0.2, 0.25) is 0 Å². The lowest BCUT2D eigenvalue weighted by Crippen LogP contribution is -2.34. The highest BCUT2D eigenvalue weighted by Gasteiger charge is 2.36. The van der Waals surface area contributed by atoms with Gasteiger partial charge < -0.3 is 0 Å². The lowest BCUT2D eigenvalue weighted by molar-refractivity contribution is 0.141. The molecule has 130 valence electrons. The van der Waals surface area contributed by atoms with E-state index in [4.69, 9.17) is 0 Å². The Morgan fingerprint density at radius 2 is 0.682 bits per heavy atom. The predicted molar refractivity (Wildman–Crippen MR) is 103 cm³/mol. The summed E-state index contributed by atoms with van der Waals surface area (Å²) in [6.07, 6.45) is 9.74. The lowest BCUT2D eigenvalue weighted by Gasteiger charge is -2.41. The summed E-state index contributed by atoms with van der Waals surface area (Å²) in [7, 11) is 0. The van der Waals surface area contributed by atoms with Gasteiger partial charge in [-0.1, -0.05) is 107 Å². The molecular formula is C22H42. The van der Waals surface area contributed by atoms with Crippen LogP contribution in [0.25, 0.3) is 0 Å². The van der Waals surface area contributed by atoms with Crippen LogP contribution in [0.4, 0.5) is 0 Å². The van der Waals surface area contributed by atoms with Crippen LogP contribution in [0.3, 0.4) is 0 Å². The normalized spacial score (nSPS) is 18.2. The summed E-state index contributed by atoms with van der Waals surface area (Å²) in [4.78, 5) is 0. The van der Waals surface area contributed by atoms with Crippen molar-refractivity contribution < 1.29 is 0 Å². The van der Waals surface area contributed by atoms with Gasteiger partial charge in [-0.3, -0.25) is 0 Å². The largest absolute Gasteiger partial charge is 0.0838 e. The van der Waals surface area contributed by atoms with E-state index in [1.807, 2.05) is 0 Å². The van der Waals surface area contributed by atoms with Crippen molar-refractivity contribution in [1.29, 1.82) is 0 Å². The average molecular weight is 307 g/mol. The maximum absolute atomic E-state index is 2.48. The summed E-state index contributed by atoms with van der Waals surface area (Å²) in [5, 5.41) is 0. The van der Waals surface area contributed by atoms with Gasteiger partial charge in [0.05, 0.1) is 0 Å². The molecule has 0 aromatic carbocycles. The van der Waals surface area contributed by atoms with E-state index in [2.05, 4.69) is 107 Å². The monoisotopic (exact) mass is 306 g/mol.